The second-order valence-corrected chi connectivity index (χ2v) is 11.1. The number of aliphatic hydroxyl groups excluding tert-OH is 1. The van der Waals surface area contributed by atoms with Crippen LogP contribution in [0.25, 0.3) is 0 Å². The van der Waals surface area contributed by atoms with E-state index in [2.05, 4.69) is 36.4 Å². The maximum absolute atomic E-state index is 12.2. The summed E-state index contributed by atoms with van der Waals surface area (Å²) in [6, 6.07) is 30.4. The minimum Gasteiger partial charge on any atom is -0.469 e. The summed E-state index contributed by atoms with van der Waals surface area (Å²) in [7, 11) is 1.32. The molecule has 4 rings (SSSR count). The van der Waals surface area contributed by atoms with E-state index >= 15 is 0 Å². The van der Waals surface area contributed by atoms with Gasteiger partial charge in [-0.25, -0.2) is 0 Å². The molecule has 1 saturated heterocycles. The van der Waals surface area contributed by atoms with E-state index in [1.54, 1.807) is 6.92 Å². The van der Waals surface area contributed by atoms with Gasteiger partial charge in [0.2, 0.25) is 0 Å². The fourth-order valence-electron chi connectivity index (χ4n) is 5.83. The number of benzene rings is 3. The van der Waals surface area contributed by atoms with Crippen LogP contribution in [0.4, 0.5) is 0 Å². The molecule has 1 aliphatic rings. The number of hydrogen-bond acceptors (Lipinski definition) is 6. The van der Waals surface area contributed by atoms with Gasteiger partial charge in [-0.05, 0) is 44.4 Å². The highest BCUT2D eigenvalue weighted by molar-refractivity contribution is 5.72. The molecule has 0 spiro atoms. The molecule has 3 aromatic carbocycles. The van der Waals surface area contributed by atoms with Gasteiger partial charge in [-0.15, -0.1) is 0 Å². The average Bonchev–Trinajstić information content (AvgIpc) is 3.21. The van der Waals surface area contributed by atoms with E-state index in [0.29, 0.717) is 0 Å². The van der Waals surface area contributed by atoms with E-state index < -0.39 is 47.0 Å². The first-order valence-corrected chi connectivity index (χ1v) is 13.5. The summed E-state index contributed by atoms with van der Waals surface area (Å²) in [5, 5.41) is 11.1. The van der Waals surface area contributed by atoms with Crippen molar-refractivity contribution in [3.63, 3.8) is 0 Å². The lowest BCUT2D eigenvalue weighted by Crippen LogP contribution is -2.51. The third kappa shape index (κ3) is 5.80. The number of methoxy groups -OCH3 is 1. The Morgan fingerprint density at radius 3 is 1.72 bits per heavy atom. The summed E-state index contributed by atoms with van der Waals surface area (Å²) in [4.78, 5) is 12.2. The van der Waals surface area contributed by atoms with Crippen LogP contribution >= 0.6 is 0 Å². The average molecular weight is 533 g/mol. The first-order valence-electron chi connectivity index (χ1n) is 13.5. The normalized spacial score (nSPS) is 23.1. The van der Waals surface area contributed by atoms with Crippen molar-refractivity contribution in [2.75, 3.05) is 13.7 Å². The van der Waals surface area contributed by atoms with E-state index in [0.717, 1.165) is 16.7 Å². The molecule has 1 aliphatic heterocycles. The Labute approximate surface area is 231 Å². The molecule has 1 fully saturated rings. The Hall–Kier alpha value is -3.03. The second-order valence-electron chi connectivity index (χ2n) is 11.1. The lowest BCUT2D eigenvalue weighted by molar-refractivity contribution is -0.177. The van der Waals surface area contributed by atoms with Crippen LogP contribution in [-0.2, 0) is 29.3 Å². The first-order chi connectivity index (χ1) is 18.5. The molecule has 0 unspecified atom stereocenters. The van der Waals surface area contributed by atoms with E-state index in [1.165, 1.54) is 7.11 Å². The van der Waals surface area contributed by atoms with Gasteiger partial charge in [0.25, 0.3) is 0 Å². The zero-order valence-electron chi connectivity index (χ0n) is 23.7. The van der Waals surface area contributed by atoms with Crippen LogP contribution in [0.1, 0.15) is 51.3 Å². The van der Waals surface area contributed by atoms with Crippen LogP contribution < -0.4 is 0 Å². The first kappa shape index (κ1) is 29.0. The third-order valence-electron chi connectivity index (χ3n) is 7.71. The minimum atomic E-state index is -0.999. The molecule has 1 N–H and O–H groups in total. The van der Waals surface area contributed by atoms with Crippen molar-refractivity contribution in [1.29, 1.82) is 0 Å². The van der Waals surface area contributed by atoms with Crippen LogP contribution in [0.2, 0.25) is 0 Å². The largest absolute Gasteiger partial charge is 0.469 e. The van der Waals surface area contributed by atoms with Crippen molar-refractivity contribution in [3.8, 4) is 0 Å². The van der Waals surface area contributed by atoms with E-state index in [4.69, 9.17) is 18.9 Å². The van der Waals surface area contributed by atoms with Crippen LogP contribution in [0, 0.1) is 11.8 Å². The van der Waals surface area contributed by atoms with Crippen LogP contribution in [0.3, 0.4) is 0 Å². The molecule has 0 amide bonds. The highest BCUT2D eigenvalue weighted by Crippen LogP contribution is 2.46. The summed E-state index contributed by atoms with van der Waals surface area (Å²) in [5.41, 5.74) is 1.06. The standard InChI is InChI=1S/C33H40O6/c1-23(28(34)24(2)30(35)36-6)29-32(5,39-31(3,4)38-29)22-37-33(25-16-10-7-11-17-25,26-18-12-8-13-19-26)27-20-14-9-15-21-27/h7-21,23-24,28-29,34H,22H2,1-6H3/t23-,24+,28-,29+,32+/m0/s1. The number of carbonyl (C=O) groups is 1. The monoisotopic (exact) mass is 532 g/mol. The number of carbonyl (C=O) groups excluding carboxylic acids is 1. The van der Waals surface area contributed by atoms with Crippen molar-refractivity contribution in [1.82, 2.24) is 0 Å². The smallest absolute Gasteiger partial charge is 0.311 e. The highest BCUT2D eigenvalue weighted by Gasteiger charge is 2.55. The lowest BCUT2D eigenvalue weighted by atomic mass is 9.79. The Morgan fingerprint density at radius 2 is 1.31 bits per heavy atom. The SMILES string of the molecule is COC(=O)[C@H](C)[C@@H](O)[C@H](C)[C@H]1OC(C)(C)O[C@]1(C)COC(c1ccccc1)(c1ccccc1)c1ccccc1. The fourth-order valence-corrected chi connectivity index (χ4v) is 5.83. The Balaban J connectivity index is 1.77. The highest BCUT2D eigenvalue weighted by atomic mass is 16.8. The maximum Gasteiger partial charge on any atom is 0.311 e. The van der Waals surface area contributed by atoms with Gasteiger partial charge in [-0.2, -0.15) is 0 Å². The summed E-state index contributed by atoms with van der Waals surface area (Å²) in [5.74, 6) is -2.56. The zero-order valence-corrected chi connectivity index (χ0v) is 23.7. The van der Waals surface area contributed by atoms with Crippen molar-refractivity contribution in [3.05, 3.63) is 108 Å². The Bertz CT molecular complexity index is 1120. The van der Waals surface area contributed by atoms with Gasteiger partial charge < -0.3 is 24.1 Å². The molecule has 5 atom stereocenters. The van der Waals surface area contributed by atoms with Gasteiger partial charge in [0.15, 0.2) is 5.79 Å². The third-order valence-corrected chi connectivity index (χ3v) is 7.71. The molecule has 1 heterocycles. The number of ether oxygens (including phenoxy) is 4. The van der Waals surface area contributed by atoms with E-state index in [9.17, 15) is 9.90 Å². The molecule has 6 nitrogen and oxygen atoms in total. The Kier molecular flexibility index (Phi) is 8.62. The van der Waals surface area contributed by atoms with Crippen molar-refractivity contribution < 1.29 is 28.8 Å². The minimum absolute atomic E-state index is 0.156. The molecular weight excluding hydrogens is 492 g/mol. The number of esters is 1. The Morgan fingerprint density at radius 1 is 0.872 bits per heavy atom. The number of rotatable bonds is 10. The second kappa shape index (κ2) is 11.6. The van der Waals surface area contributed by atoms with Gasteiger partial charge in [0.05, 0.1) is 31.8 Å². The van der Waals surface area contributed by atoms with Gasteiger partial charge in [0, 0.05) is 5.92 Å². The molecule has 39 heavy (non-hydrogen) atoms. The predicted molar refractivity (Wildman–Crippen MR) is 150 cm³/mol. The molecule has 6 heteroatoms. The molecule has 0 radical (unpaired) electrons. The van der Waals surface area contributed by atoms with Gasteiger partial charge in [-0.3, -0.25) is 4.79 Å². The van der Waals surface area contributed by atoms with Crippen molar-refractivity contribution in [2.45, 2.75) is 63.8 Å². The molecule has 3 aromatic rings. The van der Waals surface area contributed by atoms with E-state index in [1.807, 2.05) is 82.3 Å². The lowest BCUT2D eigenvalue weighted by Gasteiger charge is -2.41. The summed E-state index contributed by atoms with van der Waals surface area (Å²) in [6.45, 7) is 9.34. The van der Waals surface area contributed by atoms with Crippen LogP contribution in [0.5, 0.6) is 0 Å². The molecular formula is C33H40O6. The maximum atomic E-state index is 12.2. The van der Waals surface area contributed by atoms with Crippen molar-refractivity contribution in [2.24, 2.45) is 11.8 Å². The molecule has 0 aromatic heterocycles. The van der Waals surface area contributed by atoms with Crippen LogP contribution in [-0.4, -0.2) is 48.4 Å². The topological polar surface area (TPSA) is 74.2 Å². The van der Waals surface area contributed by atoms with E-state index in [-0.39, 0.29) is 6.61 Å². The quantitative estimate of drug-likeness (QED) is 0.266. The molecule has 0 saturated carbocycles. The number of aliphatic hydroxyl groups is 1. The summed E-state index contributed by atoms with van der Waals surface area (Å²) in [6.07, 6.45) is -1.56. The predicted octanol–water partition coefficient (Wildman–Crippen LogP) is 5.71. The zero-order chi connectivity index (χ0) is 28.3. The summed E-state index contributed by atoms with van der Waals surface area (Å²) < 4.78 is 24.9. The molecule has 0 bridgehead atoms. The summed E-state index contributed by atoms with van der Waals surface area (Å²) >= 11 is 0. The molecule has 0 aliphatic carbocycles. The molecule has 208 valence electrons. The van der Waals surface area contributed by atoms with Gasteiger partial charge in [-0.1, -0.05) is 97.9 Å². The fraction of sp³-hybridized carbons (Fsp3) is 0.424. The van der Waals surface area contributed by atoms with Gasteiger partial charge >= 0.3 is 5.97 Å². The van der Waals surface area contributed by atoms with Gasteiger partial charge in [0.1, 0.15) is 11.2 Å². The number of hydrogen-bond donors (Lipinski definition) is 1. The van der Waals surface area contributed by atoms with Crippen molar-refractivity contribution >= 4 is 5.97 Å². The van der Waals surface area contributed by atoms with Crippen LogP contribution in [0.15, 0.2) is 91.0 Å².